The number of aryl methyl sites for hydroxylation is 2. The topological polar surface area (TPSA) is 58.7 Å². The third-order valence-corrected chi connectivity index (χ3v) is 5.00. The molecular formula is C24H25N3O2. The van der Waals surface area contributed by atoms with E-state index in [-0.39, 0.29) is 10.6 Å². The molecule has 0 heterocycles. The molecule has 0 aliphatic carbocycles. The monoisotopic (exact) mass is 387 g/mol. The molecule has 0 aliphatic heterocycles. The van der Waals surface area contributed by atoms with Crippen molar-refractivity contribution in [1.82, 2.24) is 0 Å². The van der Waals surface area contributed by atoms with Crippen LogP contribution in [0.3, 0.4) is 0 Å². The van der Waals surface area contributed by atoms with Crippen LogP contribution < -0.4 is 4.90 Å². The number of nitrogens with zero attached hydrogens (tertiary/aromatic N) is 3. The summed E-state index contributed by atoms with van der Waals surface area (Å²) in [4.78, 5) is 17.6. The van der Waals surface area contributed by atoms with E-state index >= 15 is 0 Å². The smallest absolute Gasteiger partial charge is 0.295 e. The Bertz CT molecular complexity index is 1010. The summed E-state index contributed by atoms with van der Waals surface area (Å²) in [7, 11) is 0. The van der Waals surface area contributed by atoms with E-state index in [4.69, 9.17) is 0 Å². The highest BCUT2D eigenvalue weighted by Gasteiger charge is 2.14. The molecule has 0 bridgehead atoms. The minimum absolute atomic E-state index is 0.0287. The number of benzene rings is 3. The molecule has 0 atom stereocenters. The van der Waals surface area contributed by atoms with E-state index in [1.807, 2.05) is 32.0 Å². The summed E-state index contributed by atoms with van der Waals surface area (Å²) in [6.07, 6.45) is 1.67. The van der Waals surface area contributed by atoms with Gasteiger partial charge in [0.15, 0.2) is 0 Å². The Kier molecular flexibility index (Phi) is 6.39. The van der Waals surface area contributed by atoms with E-state index in [0.717, 1.165) is 35.5 Å². The van der Waals surface area contributed by atoms with Crippen molar-refractivity contribution in [3.8, 4) is 0 Å². The van der Waals surface area contributed by atoms with Gasteiger partial charge in [0, 0.05) is 31.1 Å². The lowest BCUT2D eigenvalue weighted by Crippen LogP contribution is -2.21. The zero-order valence-electron chi connectivity index (χ0n) is 17.0. The third kappa shape index (κ3) is 5.08. The molecule has 3 aromatic rings. The lowest BCUT2D eigenvalue weighted by molar-refractivity contribution is -0.384. The van der Waals surface area contributed by atoms with Crippen molar-refractivity contribution in [3.05, 3.63) is 99.1 Å². The van der Waals surface area contributed by atoms with Gasteiger partial charge in [0.1, 0.15) is 5.69 Å². The molecule has 0 amide bonds. The van der Waals surface area contributed by atoms with Gasteiger partial charge in [-0.25, -0.2) is 4.99 Å². The van der Waals surface area contributed by atoms with Crippen LogP contribution in [0, 0.1) is 24.0 Å². The first kappa shape index (κ1) is 20.3. The minimum atomic E-state index is -0.384. The van der Waals surface area contributed by atoms with E-state index in [1.54, 1.807) is 18.3 Å². The Morgan fingerprint density at radius 3 is 2.28 bits per heavy atom. The van der Waals surface area contributed by atoms with E-state index in [2.05, 4.69) is 53.2 Å². The number of aliphatic imine (C=N–C) groups is 1. The van der Waals surface area contributed by atoms with Crippen molar-refractivity contribution < 1.29 is 4.92 Å². The number of rotatable bonds is 7. The van der Waals surface area contributed by atoms with Gasteiger partial charge in [-0.05, 0) is 61.2 Å². The Balaban J connectivity index is 1.78. The van der Waals surface area contributed by atoms with Gasteiger partial charge < -0.3 is 4.90 Å². The maximum atomic E-state index is 11.3. The summed E-state index contributed by atoms with van der Waals surface area (Å²) in [5, 5.41) is 11.3. The summed E-state index contributed by atoms with van der Waals surface area (Å²) >= 11 is 0. The Morgan fingerprint density at radius 2 is 1.66 bits per heavy atom. The predicted octanol–water partition coefficient (Wildman–Crippen LogP) is 5.99. The van der Waals surface area contributed by atoms with E-state index in [0.29, 0.717) is 5.69 Å². The molecule has 0 fully saturated rings. The minimum Gasteiger partial charge on any atom is -0.367 e. The van der Waals surface area contributed by atoms with Crippen LogP contribution in [0.1, 0.15) is 29.2 Å². The van der Waals surface area contributed by atoms with Crippen LogP contribution in [0.25, 0.3) is 0 Å². The first-order chi connectivity index (χ1) is 14.0. The molecule has 0 spiro atoms. The summed E-state index contributed by atoms with van der Waals surface area (Å²) in [6, 6.07) is 21.8. The predicted molar refractivity (Wildman–Crippen MR) is 119 cm³/mol. The zero-order valence-corrected chi connectivity index (χ0v) is 17.0. The van der Waals surface area contributed by atoms with Gasteiger partial charge in [0.25, 0.3) is 5.69 Å². The second-order valence-corrected chi connectivity index (χ2v) is 7.03. The summed E-state index contributed by atoms with van der Waals surface area (Å²) in [6.45, 7) is 7.68. The van der Waals surface area contributed by atoms with Gasteiger partial charge in [-0.2, -0.15) is 0 Å². The number of hydrogen-bond donors (Lipinski definition) is 0. The van der Waals surface area contributed by atoms with Crippen LogP contribution in [-0.2, 0) is 6.54 Å². The van der Waals surface area contributed by atoms with Crippen LogP contribution >= 0.6 is 0 Å². The van der Waals surface area contributed by atoms with Gasteiger partial charge in [0.05, 0.1) is 4.92 Å². The van der Waals surface area contributed by atoms with Crippen molar-refractivity contribution in [1.29, 1.82) is 0 Å². The zero-order chi connectivity index (χ0) is 20.8. The average Bonchev–Trinajstić information content (AvgIpc) is 2.73. The molecule has 0 radical (unpaired) electrons. The normalized spacial score (nSPS) is 11.0. The fourth-order valence-corrected chi connectivity index (χ4v) is 3.14. The standard InChI is InChI=1S/C24H25N3O2/c1-4-26(17-21-8-6-5-7-9-21)22-12-10-20(11-13-22)16-25-23-14-18(2)19(3)15-24(23)27(28)29/h5-16H,4,17H2,1-3H3. The van der Waals surface area contributed by atoms with Crippen molar-refractivity contribution in [2.24, 2.45) is 4.99 Å². The molecule has 3 aromatic carbocycles. The van der Waals surface area contributed by atoms with Crippen LogP contribution in [-0.4, -0.2) is 17.7 Å². The van der Waals surface area contributed by atoms with E-state index in [9.17, 15) is 10.1 Å². The van der Waals surface area contributed by atoms with Crippen LogP contribution in [0.15, 0.2) is 71.7 Å². The van der Waals surface area contributed by atoms with Crippen LogP contribution in [0.4, 0.5) is 17.1 Å². The quantitative estimate of drug-likeness (QED) is 0.284. The molecule has 0 aliphatic rings. The van der Waals surface area contributed by atoms with Crippen molar-refractivity contribution in [2.75, 3.05) is 11.4 Å². The Hall–Kier alpha value is -3.47. The van der Waals surface area contributed by atoms with Crippen molar-refractivity contribution in [2.45, 2.75) is 27.3 Å². The van der Waals surface area contributed by atoms with Crippen LogP contribution in [0.5, 0.6) is 0 Å². The number of hydrogen-bond acceptors (Lipinski definition) is 4. The molecule has 29 heavy (non-hydrogen) atoms. The van der Waals surface area contributed by atoms with Crippen LogP contribution in [0.2, 0.25) is 0 Å². The van der Waals surface area contributed by atoms with Gasteiger partial charge in [-0.15, -0.1) is 0 Å². The average molecular weight is 387 g/mol. The Morgan fingerprint density at radius 1 is 1.00 bits per heavy atom. The number of anilines is 1. The second kappa shape index (κ2) is 9.15. The molecule has 0 N–H and O–H groups in total. The molecule has 3 rings (SSSR count). The molecular weight excluding hydrogens is 362 g/mol. The molecule has 5 nitrogen and oxygen atoms in total. The molecule has 5 heteroatoms. The molecule has 0 unspecified atom stereocenters. The van der Waals surface area contributed by atoms with Gasteiger partial charge in [-0.3, -0.25) is 10.1 Å². The molecule has 0 saturated heterocycles. The highest BCUT2D eigenvalue weighted by atomic mass is 16.6. The molecule has 148 valence electrons. The molecule has 0 aromatic heterocycles. The summed E-state index contributed by atoms with van der Waals surface area (Å²) in [5.74, 6) is 0. The number of nitro benzene ring substituents is 1. The largest absolute Gasteiger partial charge is 0.367 e. The molecule has 0 saturated carbocycles. The first-order valence-corrected chi connectivity index (χ1v) is 9.66. The van der Waals surface area contributed by atoms with Gasteiger partial charge in [-0.1, -0.05) is 42.5 Å². The van der Waals surface area contributed by atoms with E-state index in [1.165, 1.54) is 5.56 Å². The highest BCUT2D eigenvalue weighted by Crippen LogP contribution is 2.30. The third-order valence-electron chi connectivity index (χ3n) is 5.00. The maximum absolute atomic E-state index is 11.3. The second-order valence-electron chi connectivity index (χ2n) is 7.03. The summed E-state index contributed by atoms with van der Waals surface area (Å²) in [5.41, 5.74) is 5.57. The fraction of sp³-hybridized carbons (Fsp3) is 0.208. The maximum Gasteiger partial charge on any atom is 0.295 e. The van der Waals surface area contributed by atoms with Gasteiger partial charge in [0.2, 0.25) is 0 Å². The Labute approximate surface area is 171 Å². The van der Waals surface area contributed by atoms with Crippen molar-refractivity contribution >= 4 is 23.3 Å². The van der Waals surface area contributed by atoms with Gasteiger partial charge >= 0.3 is 0 Å². The SMILES string of the molecule is CCN(Cc1ccccc1)c1ccc(C=Nc2cc(C)c(C)cc2[N+](=O)[O-])cc1. The fourth-order valence-electron chi connectivity index (χ4n) is 3.14. The van der Waals surface area contributed by atoms with E-state index < -0.39 is 0 Å². The number of nitro groups is 1. The highest BCUT2D eigenvalue weighted by molar-refractivity contribution is 5.84. The summed E-state index contributed by atoms with van der Waals surface area (Å²) < 4.78 is 0. The lowest BCUT2D eigenvalue weighted by atomic mass is 10.1. The lowest BCUT2D eigenvalue weighted by Gasteiger charge is -2.23. The first-order valence-electron chi connectivity index (χ1n) is 9.66. The van der Waals surface area contributed by atoms with Crippen molar-refractivity contribution in [3.63, 3.8) is 0 Å².